The Bertz CT molecular complexity index is 3190. The number of aromatic nitrogens is 1. The molecule has 0 spiro atoms. The van der Waals surface area contributed by atoms with E-state index >= 15 is 0 Å². The van der Waals surface area contributed by atoms with Gasteiger partial charge in [0.25, 0.3) is 0 Å². The molecule has 11 rings (SSSR count). The molecular weight excluding hydrogens is 677 g/mol. The first-order valence-electron chi connectivity index (χ1n) is 19.3. The van der Waals surface area contributed by atoms with Gasteiger partial charge in [-0.1, -0.05) is 152 Å². The predicted molar refractivity (Wildman–Crippen MR) is 239 cm³/mol. The first-order chi connectivity index (χ1) is 27.8. The third-order valence-corrected chi connectivity index (χ3v) is 11.3. The summed E-state index contributed by atoms with van der Waals surface area (Å²) in [4.78, 5) is 2.38. The van der Waals surface area contributed by atoms with Crippen LogP contribution in [0.3, 0.4) is 0 Å². The number of hydrogen-bond acceptors (Lipinski definition) is 1. The maximum absolute atomic E-state index is 2.39. The molecule has 1 heterocycles. The van der Waals surface area contributed by atoms with E-state index in [9.17, 15) is 0 Å². The van der Waals surface area contributed by atoms with E-state index in [0.29, 0.717) is 0 Å². The molecule has 0 saturated heterocycles. The number of nitrogens with zero attached hydrogens (tertiary/aromatic N) is 2. The Labute approximate surface area is 325 Å². The Morgan fingerprint density at radius 3 is 1.52 bits per heavy atom. The Morgan fingerprint density at radius 1 is 0.286 bits per heavy atom. The summed E-state index contributed by atoms with van der Waals surface area (Å²) in [6.45, 7) is 0. The van der Waals surface area contributed by atoms with Gasteiger partial charge in [-0.3, -0.25) is 0 Å². The van der Waals surface area contributed by atoms with Crippen molar-refractivity contribution in [1.82, 2.24) is 4.57 Å². The first-order valence-corrected chi connectivity index (χ1v) is 19.3. The van der Waals surface area contributed by atoms with Crippen molar-refractivity contribution in [3.05, 3.63) is 218 Å². The minimum Gasteiger partial charge on any atom is -0.310 e. The fraction of sp³-hybridized carbons (Fsp3) is 0. The van der Waals surface area contributed by atoms with Crippen LogP contribution in [0.2, 0.25) is 0 Å². The Hall–Kier alpha value is -7.42. The molecule has 1 aromatic heterocycles. The van der Waals surface area contributed by atoms with Gasteiger partial charge in [0.15, 0.2) is 0 Å². The van der Waals surface area contributed by atoms with E-state index in [-0.39, 0.29) is 0 Å². The lowest BCUT2D eigenvalue weighted by molar-refractivity contribution is 1.17. The van der Waals surface area contributed by atoms with E-state index in [0.717, 1.165) is 22.7 Å². The van der Waals surface area contributed by atoms with Crippen molar-refractivity contribution in [3.63, 3.8) is 0 Å². The Balaban J connectivity index is 1.05. The van der Waals surface area contributed by atoms with Gasteiger partial charge in [0, 0.05) is 33.5 Å². The summed E-state index contributed by atoms with van der Waals surface area (Å²) in [6.07, 6.45) is 0. The van der Waals surface area contributed by atoms with Crippen LogP contribution in [0.4, 0.5) is 17.1 Å². The number of rotatable bonds is 6. The van der Waals surface area contributed by atoms with Crippen LogP contribution in [0.5, 0.6) is 0 Å². The molecule has 0 fully saturated rings. The lowest BCUT2D eigenvalue weighted by atomic mass is 9.93. The second kappa shape index (κ2) is 13.2. The molecule has 0 radical (unpaired) electrons. The molecule has 0 amide bonds. The Morgan fingerprint density at radius 2 is 0.821 bits per heavy atom. The van der Waals surface area contributed by atoms with Crippen molar-refractivity contribution in [2.24, 2.45) is 0 Å². The third kappa shape index (κ3) is 5.34. The van der Waals surface area contributed by atoms with Gasteiger partial charge in [-0.2, -0.15) is 0 Å². The van der Waals surface area contributed by atoms with Gasteiger partial charge >= 0.3 is 0 Å². The summed E-state index contributed by atoms with van der Waals surface area (Å²) in [5, 5.41) is 10.1. The predicted octanol–water partition coefficient (Wildman–Crippen LogP) is 15.0. The fourth-order valence-corrected chi connectivity index (χ4v) is 8.67. The maximum atomic E-state index is 2.39. The summed E-state index contributed by atoms with van der Waals surface area (Å²) >= 11 is 0. The zero-order valence-electron chi connectivity index (χ0n) is 30.7. The molecule has 0 unspecified atom stereocenters. The van der Waals surface area contributed by atoms with Crippen LogP contribution in [-0.4, -0.2) is 4.57 Å². The number of para-hydroxylation sites is 2. The molecule has 11 aromatic rings. The van der Waals surface area contributed by atoms with Gasteiger partial charge in [0.05, 0.1) is 11.0 Å². The van der Waals surface area contributed by atoms with E-state index in [1.54, 1.807) is 0 Å². The molecule has 0 N–H and O–H groups in total. The molecule has 0 aliphatic rings. The summed E-state index contributed by atoms with van der Waals surface area (Å²) < 4.78 is 2.39. The van der Waals surface area contributed by atoms with Gasteiger partial charge in [0.1, 0.15) is 0 Å². The summed E-state index contributed by atoms with van der Waals surface area (Å²) in [6, 6.07) is 79.5. The highest BCUT2D eigenvalue weighted by Crippen LogP contribution is 2.41. The summed E-state index contributed by atoms with van der Waals surface area (Å²) in [5.41, 5.74) is 11.6. The topological polar surface area (TPSA) is 8.17 Å². The standard InChI is InChI=1S/C54H36N2/c1-2-13-40-34-41(25-24-37(40)12-1)38-26-30-43(31-27-38)55(45-15-11-16-46(36-45)56-53-22-9-7-20-50(53)51-21-8-10-23-54(51)56)44-32-28-39(29-33-44)52-35-42-14-3-4-17-47(42)48-18-5-6-19-49(48)52/h1-36H. The first kappa shape index (κ1) is 32.0. The van der Waals surface area contributed by atoms with Gasteiger partial charge in [0.2, 0.25) is 0 Å². The highest BCUT2D eigenvalue weighted by molar-refractivity contribution is 6.14. The van der Waals surface area contributed by atoms with Crippen molar-refractivity contribution in [2.45, 2.75) is 0 Å². The van der Waals surface area contributed by atoms with Crippen molar-refractivity contribution in [3.8, 4) is 27.9 Å². The smallest absolute Gasteiger partial charge is 0.0541 e. The van der Waals surface area contributed by atoms with Crippen molar-refractivity contribution in [1.29, 1.82) is 0 Å². The van der Waals surface area contributed by atoms with E-state index in [4.69, 9.17) is 0 Å². The highest BCUT2D eigenvalue weighted by Gasteiger charge is 2.17. The lowest BCUT2D eigenvalue weighted by Gasteiger charge is -2.27. The van der Waals surface area contributed by atoms with E-state index in [1.807, 2.05) is 0 Å². The quantitative estimate of drug-likeness (QED) is 0.156. The molecule has 2 nitrogen and oxygen atoms in total. The minimum atomic E-state index is 1.09. The third-order valence-electron chi connectivity index (χ3n) is 11.3. The maximum Gasteiger partial charge on any atom is 0.0541 e. The average molecular weight is 713 g/mol. The monoisotopic (exact) mass is 712 g/mol. The summed E-state index contributed by atoms with van der Waals surface area (Å²) in [7, 11) is 0. The van der Waals surface area contributed by atoms with Crippen LogP contribution in [0.25, 0.3) is 82.1 Å². The SMILES string of the molecule is c1cc(N(c2ccc(-c3ccc4ccccc4c3)cc2)c2ccc(-c3cc4ccccc4c4ccccc34)cc2)cc(-n2c3ccccc3c3ccccc32)c1. The van der Waals surface area contributed by atoms with E-state index in [2.05, 4.69) is 228 Å². The zero-order valence-corrected chi connectivity index (χ0v) is 30.7. The van der Waals surface area contributed by atoms with Crippen molar-refractivity contribution in [2.75, 3.05) is 4.90 Å². The molecule has 2 heteroatoms. The van der Waals surface area contributed by atoms with Gasteiger partial charge < -0.3 is 9.47 Å². The molecule has 0 aliphatic carbocycles. The van der Waals surface area contributed by atoms with Crippen LogP contribution in [-0.2, 0) is 0 Å². The minimum absolute atomic E-state index is 1.09. The number of benzene rings is 10. The molecule has 10 aromatic carbocycles. The van der Waals surface area contributed by atoms with Crippen LogP contribution in [0.15, 0.2) is 218 Å². The average Bonchev–Trinajstić information content (AvgIpc) is 3.61. The van der Waals surface area contributed by atoms with Crippen LogP contribution < -0.4 is 4.90 Å². The molecule has 56 heavy (non-hydrogen) atoms. The number of anilines is 3. The number of fused-ring (bicyclic) bond motifs is 7. The molecular formula is C54H36N2. The van der Waals surface area contributed by atoms with Crippen LogP contribution in [0.1, 0.15) is 0 Å². The molecule has 0 aliphatic heterocycles. The van der Waals surface area contributed by atoms with E-state index < -0.39 is 0 Å². The van der Waals surface area contributed by atoms with Crippen molar-refractivity contribution < 1.29 is 0 Å². The van der Waals surface area contributed by atoms with Gasteiger partial charge in [-0.25, -0.2) is 0 Å². The van der Waals surface area contributed by atoms with E-state index in [1.165, 1.54) is 76.4 Å². The molecule has 262 valence electrons. The second-order valence-electron chi connectivity index (χ2n) is 14.6. The van der Waals surface area contributed by atoms with Crippen LogP contribution >= 0.6 is 0 Å². The van der Waals surface area contributed by atoms with Crippen LogP contribution in [0, 0.1) is 0 Å². The fourth-order valence-electron chi connectivity index (χ4n) is 8.67. The normalized spacial score (nSPS) is 11.6. The number of hydrogen-bond donors (Lipinski definition) is 0. The Kier molecular flexibility index (Phi) is 7.53. The highest BCUT2D eigenvalue weighted by atomic mass is 15.1. The molecule has 0 saturated carbocycles. The molecule has 0 atom stereocenters. The second-order valence-corrected chi connectivity index (χ2v) is 14.6. The zero-order chi connectivity index (χ0) is 37.0. The van der Waals surface area contributed by atoms with Gasteiger partial charge in [-0.05, 0) is 121 Å². The van der Waals surface area contributed by atoms with Gasteiger partial charge in [-0.15, -0.1) is 0 Å². The lowest BCUT2D eigenvalue weighted by Crippen LogP contribution is -2.10. The molecule has 0 bridgehead atoms. The summed E-state index contributed by atoms with van der Waals surface area (Å²) in [5.74, 6) is 0. The van der Waals surface area contributed by atoms with Crippen molar-refractivity contribution >= 4 is 71.2 Å². The largest absolute Gasteiger partial charge is 0.310 e.